The van der Waals surface area contributed by atoms with Crippen LogP contribution in [0.2, 0.25) is 0 Å². The lowest BCUT2D eigenvalue weighted by atomic mass is 9.82. The molecule has 4 amide bonds. The Morgan fingerprint density at radius 2 is 1.30 bits per heavy atom. The highest BCUT2D eigenvalue weighted by atomic mass is 19.4. The molecule has 3 saturated heterocycles. The number of halogens is 10. The predicted molar refractivity (Wildman–Crippen MR) is 265 cm³/mol. The van der Waals surface area contributed by atoms with Crippen molar-refractivity contribution in [3.05, 3.63) is 83.8 Å². The summed E-state index contributed by atoms with van der Waals surface area (Å²) in [7, 11) is 1.62. The number of methoxy groups -OCH3 is 2. The van der Waals surface area contributed by atoms with Crippen molar-refractivity contribution in [1.82, 2.24) is 51.0 Å². The molecule has 19 nitrogen and oxygen atoms in total. The largest absolute Gasteiger partial charge is 0.453 e. The molecular weight excluding hydrogens is 1080 g/mol. The number of aliphatic hydroxyl groups excluding tert-OH is 1. The van der Waals surface area contributed by atoms with Crippen LogP contribution in [0, 0.1) is 22.5 Å². The van der Waals surface area contributed by atoms with Crippen LogP contribution in [0.5, 0.6) is 0 Å². The van der Waals surface area contributed by atoms with Gasteiger partial charge in [-0.15, -0.1) is 0 Å². The fourth-order valence-electron chi connectivity index (χ4n) is 9.76. The number of amides is 4. The molecule has 3 aliphatic rings. The quantitative estimate of drug-likeness (QED) is 0.0468. The van der Waals surface area contributed by atoms with Crippen molar-refractivity contribution < 1.29 is 82.4 Å². The van der Waals surface area contributed by atoms with Gasteiger partial charge >= 0.3 is 24.5 Å². The second-order valence-corrected chi connectivity index (χ2v) is 20.9. The summed E-state index contributed by atoms with van der Waals surface area (Å²) in [6.45, 7) is 2.13. The highest BCUT2D eigenvalue weighted by molar-refractivity contribution is 5.87. The lowest BCUT2D eigenvalue weighted by Crippen LogP contribution is -2.63. The molecule has 438 valence electrons. The highest BCUT2D eigenvalue weighted by Crippen LogP contribution is 2.42. The molecule has 0 aliphatic carbocycles. The molecule has 3 aliphatic heterocycles. The Bertz CT molecular complexity index is 2780. The van der Waals surface area contributed by atoms with E-state index in [4.69, 9.17) is 4.74 Å². The first kappa shape index (κ1) is 60.8. The SMILES string of the molecule is COC(=O)N[C@H](C(=O)N[C@@H](Cc1ccc(-c2cnc(N3CC4CCC(C3)N4C3COC3)nc2)cc1)[C@@H](O)CN(Cc1c(F)cc(-c2ccn(CC(F)F)n2)cc1F)NC(=O)[C@@H](NC(=O)OC)C(C)(C)C(F)(F)F)C(C)(C)C(F)(F)F. The number of aliphatic hydroxyl groups is 1. The Morgan fingerprint density at radius 3 is 1.79 bits per heavy atom. The molecule has 0 saturated carbocycles. The number of ether oxygens (including phenoxy) is 3. The van der Waals surface area contributed by atoms with E-state index in [1.807, 2.05) is 5.32 Å². The summed E-state index contributed by atoms with van der Waals surface area (Å²) in [5.74, 6) is -5.42. The maximum atomic E-state index is 16.1. The molecule has 4 aromatic rings. The second-order valence-electron chi connectivity index (χ2n) is 20.9. The molecule has 3 fully saturated rings. The van der Waals surface area contributed by atoms with Gasteiger partial charge in [-0.2, -0.15) is 31.4 Å². The van der Waals surface area contributed by atoms with Crippen LogP contribution < -0.4 is 26.3 Å². The highest BCUT2D eigenvalue weighted by Gasteiger charge is 2.57. The Hall–Kier alpha value is -6.85. The van der Waals surface area contributed by atoms with E-state index in [9.17, 15) is 59.4 Å². The molecule has 2 unspecified atom stereocenters. The van der Waals surface area contributed by atoms with Crippen LogP contribution in [0.25, 0.3) is 22.4 Å². The van der Waals surface area contributed by atoms with Crippen molar-refractivity contribution >= 4 is 29.9 Å². The number of nitrogens with zero attached hydrogens (tertiary/aromatic N) is 7. The fraction of sp³-hybridized carbons (Fsp3) is 0.549. The zero-order valence-electron chi connectivity index (χ0n) is 44.2. The van der Waals surface area contributed by atoms with E-state index in [0.29, 0.717) is 86.7 Å². The Morgan fingerprint density at radius 1 is 0.762 bits per heavy atom. The summed E-state index contributed by atoms with van der Waals surface area (Å²) in [5.41, 5.74) is -3.93. The first-order valence-corrected chi connectivity index (χ1v) is 25.2. The number of alkyl carbamates (subject to hydrolysis) is 2. The van der Waals surface area contributed by atoms with Crippen LogP contribution in [0.1, 0.15) is 51.7 Å². The van der Waals surface area contributed by atoms with E-state index in [-0.39, 0.29) is 11.3 Å². The normalized spacial score (nSPS) is 18.8. The van der Waals surface area contributed by atoms with Gasteiger partial charge in [-0.05, 0) is 76.3 Å². The third kappa shape index (κ3) is 13.8. The number of carbonyl (C=O) groups is 4. The Kier molecular flexibility index (Phi) is 18.6. The molecule has 5 N–H and O–H groups in total. The summed E-state index contributed by atoms with van der Waals surface area (Å²) in [5, 5.41) is 22.5. The van der Waals surface area contributed by atoms with Crippen LogP contribution in [0.4, 0.5) is 59.4 Å². The van der Waals surface area contributed by atoms with Crippen LogP contribution in [0.15, 0.2) is 61.1 Å². The number of nitrogens with one attached hydrogen (secondary N) is 4. The van der Waals surface area contributed by atoms with Gasteiger partial charge in [0.15, 0.2) is 0 Å². The van der Waals surface area contributed by atoms with Gasteiger partial charge in [0.1, 0.15) is 30.3 Å². The number of piperazine rings is 1. The lowest BCUT2D eigenvalue weighted by Gasteiger charge is -2.47. The maximum absolute atomic E-state index is 16.1. The number of fused-ring (bicyclic) bond motifs is 2. The molecule has 6 atom stereocenters. The van der Waals surface area contributed by atoms with Gasteiger partial charge < -0.3 is 40.2 Å². The van der Waals surface area contributed by atoms with Gasteiger partial charge in [-0.1, -0.05) is 24.3 Å². The van der Waals surface area contributed by atoms with E-state index >= 15 is 8.78 Å². The summed E-state index contributed by atoms with van der Waals surface area (Å²) in [4.78, 5) is 67.0. The number of hydrazine groups is 1. The molecule has 2 aromatic carbocycles. The number of hydrogen-bond acceptors (Lipinski definition) is 14. The van der Waals surface area contributed by atoms with Crippen LogP contribution in [-0.2, 0) is 43.3 Å². The summed E-state index contributed by atoms with van der Waals surface area (Å²) in [6.07, 6.45) is -12.3. The van der Waals surface area contributed by atoms with Crippen molar-refractivity contribution in [2.75, 3.05) is 52.0 Å². The van der Waals surface area contributed by atoms with Crippen molar-refractivity contribution in [3.63, 3.8) is 0 Å². The van der Waals surface area contributed by atoms with Crippen molar-refractivity contribution in [1.29, 1.82) is 0 Å². The first-order valence-electron chi connectivity index (χ1n) is 25.2. The van der Waals surface area contributed by atoms with Gasteiger partial charge in [0.25, 0.3) is 12.3 Å². The number of benzene rings is 2. The smallest absolute Gasteiger partial charge is 0.407 e. The number of rotatable bonds is 21. The average Bonchev–Trinajstić information content (AvgIpc) is 3.95. The van der Waals surface area contributed by atoms with E-state index in [2.05, 4.69) is 45.1 Å². The van der Waals surface area contributed by atoms with E-state index in [0.717, 1.165) is 63.2 Å². The molecular formula is C51H61F10N11O8. The summed E-state index contributed by atoms with van der Waals surface area (Å²) >= 11 is 0. The van der Waals surface area contributed by atoms with Crippen LogP contribution in [0.3, 0.4) is 0 Å². The topological polar surface area (TPSA) is 218 Å². The van der Waals surface area contributed by atoms with Crippen LogP contribution >= 0.6 is 0 Å². The minimum Gasteiger partial charge on any atom is -0.453 e. The standard InChI is InChI=1S/C51H61F10N11O8/c1-48(2,50(56,57)58)41(65-46(76)78-5)43(74)64-38(15-27-7-9-28(10-8-27)30-18-62-45(63-19-30)69-20-31-11-12-32(21-69)72(31)33-25-80-26-33)39(73)23-71(68-44(75)42(66-47(77)79-6)49(3,4)51(59,60)61)22-34-35(52)16-29(17-36(34)53)37-13-14-70(67-37)24-40(54)55/h7-10,13-14,16-19,31-33,38-42,73H,11-12,15,20-26H2,1-6H3,(H,64,74)(H,65,76)(H,66,77)(H,68,75)/t31?,32?,38-,39-,41+,42+/m0/s1. The van der Waals surface area contributed by atoms with Crippen molar-refractivity contribution in [2.24, 2.45) is 10.8 Å². The van der Waals surface area contributed by atoms with Gasteiger partial charge in [0.2, 0.25) is 11.9 Å². The molecule has 7 rings (SSSR count). The first-order chi connectivity index (χ1) is 37.5. The molecule has 5 heterocycles. The molecule has 29 heteroatoms. The Labute approximate surface area is 452 Å². The molecule has 0 radical (unpaired) electrons. The monoisotopic (exact) mass is 1150 g/mol. The third-order valence-corrected chi connectivity index (χ3v) is 14.8. The molecule has 0 spiro atoms. The van der Waals surface area contributed by atoms with Gasteiger partial charge in [-0.3, -0.25) is 24.6 Å². The van der Waals surface area contributed by atoms with Gasteiger partial charge in [0, 0.05) is 73.5 Å². The average molecular weight is 1150 g/mol. The van der Waals surface area contributed by atoms with E-state index in [1.54, 1.807) is 29.8 Å². The fourth-order valence-corrected chi connectivity index (χ4v) is 9.76. The van der Waals surface area contributed by atoms with E-state index < -0.39 is 121 Å². The Balaban J connectivity index is 1.20. The number of hydrogen-bond donors (Lipinski definition) is 5. The molecule has 80 heavy (non-hydrogen) atoms. The predicted octanol–water partition coefficient (Wildman–Crippen LogP) is 6.15. The van der Waals surface area contributed by atoms with Gasteiger partial charge in [0.05, 0.1) is 62.1 Å². The zero-order chi connectivity index (χ0) is 58.6. The minimum atomic E-state index is -5.22. The number of alkyl halides is 8. The number of carbonyl (C=O) groups excluding carboxylic acids is 4. The molecule has 2 bridgehead atoms. The zero-order valence-corrected chi connectivity index (χ0v) is 44.2. The summed E-state index contributed by atoms with van der Waals surface area (Å²) in [6, 6.07) is 3.27. The minimum absolute atomic E-state index is 0.153. The van der Waals surface area contributed by atoms with Crippen molar-refractivity contribution in [3.8, 4) is 22.4 Å². The van der Waals surface area contributed by atoms with Crippen LogP contribution in [-0.4, -0.2) is 167 Å². The summed E-state index contributed by atoms with van der Waals surface area (Å²) < 4.78 is 161. The molecule has 2 aromatic heterocycles. The lowest BCUT2D eigenvalue weighted by molar-refractivity contribution is -0.221. The third-order valence-electron chi connectivity index (χ3n) is 14.8. The number of aromatic nitrogens is 4. The second kappa shape index (κ2) is 24.5. The number of anilines is 1. The van der Waals surface area contributed by atoms with E-state index in [1.165, 1.54) is 18.2 Å². The van der Waals surface area contributed by atoms with Gasteiger partial charge in [-0.25, -0.2) is 42.1 Å². The van der Waals surface area contributed by atoms with Crippen molar-refractivity contribution in [2.45, 2.75) is 121 Å². The maximum Gasteiger partial charge on any atom is 0.407 e.